The molecule has 0 aromatic heterocycles. The maximum absolute atomic E-state index is 12.2. The van der Waals surface area contributed by atoms with Crippen LogP contribution in [0.2, 0.25) is 0 Å². The van der Waals surface area contributed by atoms with Crippen molar-refractivity contribution in [3.8, 4) is 11.5 Å². The molecule has 0 aliphatic rings. The average molecular weight is 347 g/mol. The van der Waals surface area contributed by atoms with Gasteiger partial charge in [0.05, 0.1) is 0 Å². The third kappa shape index (κ3) is 5.19. The molecule has 3 rings (SSSR count). The highest BCUT2D eigenvalue weighted by Gasteiger charge is 2.11. The molecule has 0 bridgehead atoms. The van der Waals surface area contributed by atoms with Gasteiger partial charge in [-0.2, -0.15) is 0 Å². The van der Waals surface area contributed by atoms with Crippen molar-refractivity contribution in [2.24, 2.45) is 0 Å². The van der Waals surface area contributed by atoms with Gasteiger partial charge in [0.25, 0.3) is 5.91 Å². The fourth-order valence-corrected chi connectivity index (χ4v) is 2.62. The van der Waals surface area contributed by atoms with E-state index in [1.54, 1.807) is 0 Å². The second kappa shape index (κ2) is 8.83. The fraction of sp³-hybridized carbons (Fsp3) is 0.136. The van der Waals surface area contributed by atoms with Crippen molar-refractivity contribution in [1.82, 2.24) is 0 Å². The molecule has 3 aromatic rings. The number of para-hydroxylation sites is 1. The number of amides is 1. The summed E-state index contributed by atoms with van der Waals surface area (Å²) in [6.45, 7) is 2.47. The minimum absolute atomic E-state index is 0.0236. The third-order valence-corrected chi connectivity index (χ3v) is 4.10. The summed E-state index contributed by atoms with van der Waals surface area (Å²) in [4.78, 5) is 12.2. The lowest BCUT2D eigenvalue weighted by molar-refractivity contribution is -0.682. The minimum atomic E-state index is -0.0236. The number of anilines is 1. The Balaban J connectivity index is 1.48. The molecule has 4 heteroatoms. The summed E-state index contributed by atoms with van der Waals surface area (Å²) in [6.07, 6.45) is 0. The zero-order chi connectivity index (χ0) is 18.2. The van der Waals surface area contributed by atoms with Crippen LogP contribution in [0.25, 0.3) is 0 Å². The van der Waals surface area contributed by atoms with Gasteiger partial charge in [-0.1, -0.05) is 48.5 Å². The summed E-state index contributed by atoms with van der Waals surface area (Å²) in [5.41, 5.74) is 1.97. The van der Waals surface area contributed by atoms with Gasteiger partial charge in [-0.15, -0.1) is 0 Å². The average Bonchev–Trinajstić information content (AvgIpc) is 2.69. The molecule has 3 N–H and O–H groups in total. The molecule has 0 saturated carbocycles. The molecule has 0 heterocycles. The first kappa shape index (κ1) is 17.7. The summed E-state index contributed by atoms with van der Waals surface area (Å²) in [6, 6.07) is 27.4. The lowest BCUT2D eigenvalue weighted by Crippen LogP contribution is -2.86. The lowest BCUT2D eigenvalue weighted by Gasteiger charge is -2.11. The number of carbonyl (C=O) groups is 1. The van der Waals surface area contributed by atoms with Gasteiger partial charge in [-0.3, -0.25) is 4.79 Å². The smallest absolute Gasteiger partial charge is 0.279 e. The second-order valence-corrected chi connectivity index (χ2v) is 6.13. The molecule has 0 radical (unpaired) electrons. The highest BCUT2D eigenvalue weighted by molar-refractivity contribution is 5.91. The normalized spacial score (nSPS) is 11.6. The molecular weight excluding hydrogens is 324 g/mol. The summed E-state index contributed by atoms with van der Waals surface area (Å²) in [5.74, 6) is 1.50. The molecular formula is C22H23N2O2+. The molecule has 1 amide bonds. The van der Waals surface area contributed by atoms with E-state index in [0.717, 1.165) is 17.2 Å². The topological polar surface area (TPSA) is 54.9 Å². The number of nitrogens with one attached hydrogen (secondary N) is 1. The number of carbonyl (C=O) groups excluding carboxylic acids is 1. The van der Waals surface area contributed by atoms with Crippen LogP contribution in [0.5, 0.6) is 11.5 Å². The number of nitrogens with two attached hydrogens (primary N) is 1. The Morgan fingerprint density at radius 1 is 0.885 bits per heavy atom. The van der Waals surface area contributed by atoms with Crippen LogP contribution in [0, 0.1) is 0 Å². The van der Waals surface area contributed by atoms with Crippen LogP contribution < -0.4 is 15.4 Å². The maximum atomic E-state index is 12.2. The Hall–Kier alpha value is -3.11. The van der Waals surface area contributed by atoms with E-state index in [-0.39, 0.29) is 11.9 Å². The highest BCUT2D eigenvalue weighted by atomic mass is 16.5. The first-order valence-electron chi connectivity index (χ1n) is 8.72. The van der Waals surface area contributed by atoms with Crippen LogP contribution in [0.15, 0.2) is 84.9 Å². The minimum Gasteiger partial charge on any atom is -0.457 e. The number of quaternary nitrogens is 1. The molecule has 0 unspecified atom stereocenters. The molecule has 0 fully saturated rings. The standard InChI is InChI=1S/C22H22N2O2/c1-17(18-8-4-2-5-9-18)23-16-22(25)24-19-12-14-21(15-13-19)26-20-10-6-3-7-11-20/h2-15,17,23H,16H2,1H3,(H,24,25)/p+1/t17-/m0/s1. The van der Waals surface area contributed by atoms with Gasteiger partial charge >= 0.3 is 0 Å². The van der Waals surface area contributed by atoms with Crippen molar-refractivity contribution >= 4 is 11.6 Å². The zero-order valence-electron chi connectivity index (χ0n) is 14.8. The molecule has 132 valence electrons. The quantitative estimate of drug-likeness (QED) is 0.684. The van der Waals surface area contributed by atoms with Crippen LogP contribution in [0.3, 0.4) is 0 Å². The van der Waals surface area contributed by atoms with Crippen LogP contribution in [0.1, 0.15) is 18.5 Å². The monoisotopic (exact) mass is 347 g/mol. The molecule has 1 atom stereocenters. The number of hydrogen-bond acceptors (Lipinski definition) is 2. The number of ether oxygens (including phenoxy) is 1. The summed E-state index contributed by atoms with van der Waals surface area (Å²) in [5, 5.41) is 4.94. The maximum Gasteiger partial charge on any atom is 0.279 e. The Kier molecular flexibility index (Phi) is 6.01. The van der Waals surface area contributed by atoms with Crippen molar-refractivity contribution in [3.05, 3.63) is 90.5 Å². The molecule has 0 spiro atoms. The van der Waals surface area contributed by atoms with Gasteiger partial charge in [0.15, 0.2) is 6.54 Å². The van der Waals surface area contributed by atoms with Crippen molar-refractivity contribution in [3.63, 3.8) is 0 Å². The van der Waals surface area contributed by atoms with E-state index >= 15 is 0 Å². The zero-order valence-corrected chi connectivity index (χ0v) is 14.8. The predicted octanol–water partition coefficient (Wildman–Crippen LogP) is 3.74. The number of rotatable bonds is 7. The van der Waals surface area contributed by atoms with Crippen molar-refractivity contribution < 1.29 is 14.8 Å². The van der Waals surface area contributed by atoms with Crippen molar-refractivity contribution in [2.45, 2.75) is 13.0 Å². The second-order valence-electron chi connectivity index (χ2n) is 6.13. The van der Waals surface area contributed by atoms with Crippen molar-refractivity contribution in [1.29, 1.82) is 0 Å². The SMILES string of the molecule is C[C@H]([NH2+]CC(=O)Nc1ccc(Oc2ccccc2)cc1)c1ccccc1. The molecule has 3 aromatic carbocycles. The van der Waals surface area contributed by atoms with E-state index in [9.17, 15) is 4.79 Å². The molecule has 0 aliphatic heterocycles. The highest BCUT2D eigenvalue weighted by Crippen LogP contribution is 2.22. The van der Waals surface area contributed by atoms with Crippen LogP contribution in [0.4, 0.5) is 5.69 Å². The van der Waals surface area contributed by atoms with Gasteiger partial charge in [-0.25, -0.2) is 0 Å². The van der Waals surface area contributed by atoms with Gasteiger partial charge in [-0.05, 0) is 43.3 Å². The first-order chi connectivity index (χ1) is 12.7. The fourth-order valence-electron chi connectivity index (χ4n) is 2.62. The molecule has 0 saturated heterocycles. The van der Waals surface area contributed by atoms with E-state index < -0.39 is 0 Å². The van der Waals surface area contributed by atoms with Gasteiger partial charge in [0, 0.05) is 11.3 Å². The largest absolute Gasteiger partial charge is 0.457 e. The van der Waals surface area contributed by atoms with Crippen LogP contribution in [-0.2, 0) is 4.79 Å². The Morgan fingerprint density at radius 3 is 2.12 bits per heavy atom. The number of hydrogen-bond donors (Lipinski definition) is 2. The molecule has 0 aliphatic carbocycles. The number of benzene rings is 3. The van der Waals surface area contributed by atoms with Gasteiger partial charge in [0.1, 0.15) is 17.5 Å². The van der Waals surface area contributed by atoms with Crippen LogP contribution >= 0.6 is 0 Å². The van der Waals surface area contributed by atoms with E-state index in [0.29, 0.717) is 6.54 Å². The van der Waals surface area contributed by atoms with Gasteiger partial charge < -0.3 is 15.4 Å². The summed E-state index contributed by atoms with van der Waals surface area (Å²) < 4.78 is 5.75. The van der Waals surface area contributed by atoms with E-state index in [4.69, 9.17) is 4.74 Å². The lowest BCUT2D eigenvalue weighted by atomic mass is 10.1. The Bertz CT molecular complexity index is 818. The summed E-state index contributed by atoms with van der Waals surface area (Å²) >= 11 is 0. The van der Waals surface area contributed by atoms with E-state index in [2.05, 4.69) is 24.4 Å². The first-order valence-corrected chi connectivity index (χ1v) is 8.72. The van der Waals surface area contributed by atoms with E-state index in [1.165, 1.54) is 5.56 Å². The van der Waals surface area contributed by atoms with Crippen LogP contribution in [-0.4, -0.2) is 12.5 Å². The van der Waals surface area contributed by atoms with E-state index in [1.807, 2.05) is 78.1 Å². The third-order valence-electron chi connectivity index (χ3n) is 4.10. The molecule has 26 heavy (non-hydrogen) atoms. The van der Waals surface area contributed by atoms with Crippen molar-refractivity contribution in [2.75, 3.05) is 11.9 Å². The summed E-state index contributed by atoms with van der Waals surface area (Å²) in [7, 11) is 0. The van der Waals surface area contributed by atoms with Gasteiger partial charge in [0.2, 0.25) is 0 Å². The Morgan fingerprint density at radius 2 is 1.46 bits per heavy atom. The molecule has 4 nitrogen and oxygen atoms in total. The Labute approximate surface area is 153 Å². The predicted molar refractivity (Wildman–Crippen MR) is 103 cm³/mol.